The summed E-state index contributed by atoms with van der Waals surface area (Å²) in [4.78, 5) is 27.3. The van der Waals surface area contributed by atoms with Crippen LogP contribution in [0.5, 0.6) is 11.8 Å². The van der Waals surface area contributed by atoms with Gasteiger partial charge in [-0.3, -0.25) is 4.79 Å². The molecule has 0 bridgehead atoms. The number of aromatic nitrogens is 3. The lowest BCUT2D eigenvalue weighted by molar-refractivity contribution is 0.0765. The van der Waals surface area contributed by atoms with Gasteiger partial charge >= 0.3 is 0 Å². The Morgan fingerprint density at radius 3 is 2.74 bits per heavy atom. The zero-order chi connectivity index (χ0) is 18.6. The number of methoxy groups -OCH3 is 1. The lowest BCUT2D eigenvalue weighted by Crippen LogP contribution is -2.31. The van der Waals surface area contributed by atoms with Crippen LogP contribution >= 0.6 is 11.3 Å². The molecule has 1 fully saturated rings. The number of likely N-dealkylation sites (tertiary alicyclic amines) is 1. The fourth-order valence-corrected chi connectivity index (χ4v) is 3.75. The Kier molecular flexibility index (Phi) is 4.97. The standard InChI is InChI=1S/C19H18N4O3S/c1-25-16-17(21-9-8-20-16)26-14-7-10-23(11-14)19(24)15-12-27-18(22-15)13-5-3-2-4-6-13/h2-6,8-9,12,14H,7,10-11H2,1H3. The fraction of sp³-hybridized carbons (Fsp3) is 0.263. The van der Waals surface area contributed by atoms with Gasteiger partial charge in [0.2, 0.25) is 0 Å². The van der Waals surface area contributed by atoms with Crippen molar-refractivity contribution in [3.8, 4) is 22.3 Å². The monoisotopic (exact) mass is 382 g/mol. The summed E-state index contributed by atoms with van der Waals surface area (Å²) < 4.78 is 11.0. The second kappa shape index (κ2) is 7.71. The van der Waals surface area contributed by atoms with Gasteiger partial charge in [0.25, 0.3) is 17.7 Å². The number of hydrogen-bond acceptors (Lipinski definition) is 7. The van der Waals surface area contributed by atoms with E-state index in [1.807, 2.05) is 35.7 Å². The van der Waals surface area contributed by atoms with Gasteiger partial charge in [0, 0.05) is 36.3 Å². The first-order chi connectivity index (χ1) is 13.2. The molecule has 0 N–H and O–H groups in total. The van der Waals surface area contributed by atoms with Crippen molar-refractivity contribution in [1.82, 2.24) is 19.9 Å². The van der Waals surface area contributed by atoms with Crippen molar-refractivity contribution in [3.05, 3.63) is 53.8 Å². The average Bonchev–Trinajstić information content (AvgIpc) is 3.39. The number of hydrogen-bond donors (Lipinski definition) is 0. The predicted molar refractivity (Wildman–Crippen MR) is 101 cm³/mol. The van der Waals surface area contributed by atoms with Crippen LogP contribution in [0.15, 0.2) is 48.1 Å². The van der Waals surface area contributed by atoms with Crippen molar-refractivity contribution in [1.29, 1.82) is 0 Å². The highest BCUT2D eigenvalue weighted by molar-refractivity contribution is 7.13. The number of nitrogens with zero attached hydrogens (tertiary/aromatic N) is 4. The van der Waals surface area contributed by atoms with Gasteiger partial charge in [-0.2, -0.15) is 0 Å². The number of ether oxygens (including phenoxy) is 2. The normalized spacial score (nSPS) is 16.3. The van der Waals surface area contributed by atoms with E-state index in [0.717, 1.165) is 17.0 Å². The van der Waals surface area contributed by atoms with Crippen LogP contribution in [0.2, 0.25) is 0 Å². The van der Waals surface area contributed by atoms with Crippen LogP contribution in [0.1, 0.15) is 16.9 Å². The lowest BCUT2D eigenvalue weighted by Gasteiger charge is -2.16. The van der Waals surface area contributed by atoms with E-state index in [1.165, 1.54) is 18.4 Å². The van der Waals surface area contributed by atoms with Crippen LogP contribution in [0.3, 0.4) is 0 Å². The molecule has 1 atom stereocenters. The van der Waals surface area contributed by atoms with Gasteiger partial charge in [0.05, 0.1) is 13.7 Å². The van der Waals surface area contributed by atoms with E-state index in [9.17, 15) is 4.79 Å². The molecule has 4 rings (SSSR count). The SMILES string of the molecule is COc1nccnc1OC1CCN(C(=O)c2csc(-c3ccccc3)n2)C1. The molecule has 0 spiro atoms. The Balaban J connectivity index is 1.42. The van der Waals surface area contributed by atoms with Gasteiger partial charge in [-0.15, -0.1) is 11.3 Å². The highest BCUT2D eigenvalue weighted by Gasteiger charge is 2.30. The van der Waals surface area contributed by atoms with Gasteiger partial charge in [-0.25, -0.2) is 15.0 Å². The van der Waals surface area contributed by atoms with Gasteiger partial charge in [0.1, 0.15) is 16.8 Å². The van der Waals surface area contributed by atoms with Crippen molar-refractivity contribution >= 4 is 17.2 Å². The second-order valence-corrected chi connectivity index (χ2v) is 6.91. The molecule has 8 heteroatoms. The van der Waals surface area contributed by atoms with Crippen LogP contribution in [0.25, 0.3) is 10.6 Å². The summed E-state index contributed by atoms with van der Waals surface area (Å²) >= 11 is 1.47. The third-order valence-corrected chi connectivity index (χ3v) is 5.17. The van der Waals surface area contributed by atoms with Gasteiger partial charge < -0.3 is 14.4 Å². The molecule has 7 nitrogen and oxygen atoms in total. The highest BCUT2D eigenvalue weighted by Crippen LogP contribution is 2.26. The molecule has 0 saturated carbocycles. The first-order valence-corrected chi connectivity index (χ1v) is 9.44. The third-order valence-electron chi connectivity index (χ3n) is 4.28. The van der Waals surface area contributed by atoms with Crippen molar-refractivity contribution in [2.45, 2.75) is 12.5 Å². The van der Waals surface area contributed by atoms with E-state index in [2.05, 4.69) is 15.0 Å². The van der Waals surface area contributed by atoms with Crippen LogP contribution in [-0.4, -0.2) is 52.1 Å². The topological polar surface area (TPSA) is 77.4 Å². The molecule has 0 aliphatic carbocycles. The molecular weight excluding hydrogens is 364 g/mol. The van der Waals surface area contributed by atoms with Crippen molar-refractivity contribution in [2.75, 3.05) is 20.2 Å². The average molecular weight is 382 g/mol. The Labute approximate surface area is 160 Å². The number of carbonyl (C=O) groups excluding carboxylic acids is 1. The van der Waals surface area contributed by atoms with Gasteiger partial charge in [-0.1, -0.05) is 30.3 Å². The summed E-state index contributed by atoms with van der Waals surface area (Å²) in [6.07, 6.45) is 3.67. The number of rotatable bonds is 5. The molecule has 2 aromatic heterocycles. The summed E-state index contributed by atoms with van der Waals surface area (Å²) in [7, 11) is 1.52. The van der Waals surface area contributed by atoms with E-state index in [4.69, 9.17) is 9.47 Å². The van der Waals surface area contributed by atoms with E-state index in [-0.39, 0.29) is 12.0 Å². The van der Waals surface area contributed by atoms with E-state index in [1.54, 1.807) is 17.3 Å². The molecule has 1 aliphatic heterocycles. The quantitative estimate of drug-likeness (QED) is 0.675. The molecule has 1 amide bonds. The Morgan fingerprint density at radius 1 is 1.19 bits per heavy atom. The molecular formula is C19H18N4O3S. The van der Waals surface area contributed by atoms with Gasteiger partial charge in [-0.05, 0) is 0 Å². The molecule has 3 aromatic rings. The van der Waals surface area contributed by atoms with Crippen LogP contribution in [0.4, 0.5) is 0 Å². The molecule has 0 radical (unpaired) electrons. The first-order valence-electron chi connectivity index (χ1n) is 8.56. The molecule has 1 saturated heterocycles. The summed E-state index contributed by atoms with van der Waals surface area (Å²) in [5.41, 5.74) is 1.48. The zero-order valence-corrected chi connectivity index (χ0v) is 15.6. The second-order valence-electron chi connectivity index (χ2n) is 6.05. The number of benzene rings is 1. The Morgan fingerprint density at radius 2 is 1.96 bits per heavy atom. The van der Waals surface area contributed by atoms with Crippen molar-refractivity contribution in [2.24, 2.45) is 0 Å². The van der Waals surface area contributed by atoms with E-state index < -0.39 is 0 Å². The smallest absolute Gasteiger partial charge is 0.278 e. The van der Waals surface area contributed by atoms with E-state index in [0.29, 0.717) is 30.5 Å². The first kappa shape index (κ1) is 17.4. The van der Waals surface area contributed by atoms with Crippen LogP contribution < -0.4 is 9.47 Å². The summed E-state index contributed by atoms with van der Waals surface area (Å²) in [6.45, 7) is 1.10. The Bertz CT molecular complexity index is 931. The maximum absolute atomic E-state index is 12.8. The minimum Gasteiger partial charge on any atom is -0.477 e. The highest BCUT2D eigenvalue weighted by atomic mass is 32.1. The maximum atomic E-state index is 12.8. The zero-order valence-electron chi connectivity index (χ0n) is 14.7. The van der Waals surface area contributed by atoms with Gasteiger partial charge in [0.15, 0.2) is 0 Å². The number of thiazole rings is 1. The number of amides is 1. The summed E-state index contributed by atoms with van der Waals surface area (Å²) in [6, 6.07) is 9.85. The van der Waals surface area contributed by atoms with E-state index >= 15 is 0 Å². The Hall–Kier alpha value is -3.00. The van der Waals surface area contributed by atoms with Crippen molar-refractivity contribution < 1.29 is 14.3 Å². The molecule has 1 unspecified atom stereocenters. The fourth-order valence-electron chi connectivity index (χ4n) is 2.95. The maximum Gasteiger partial charge on any atom is 0.278 e. The minimum absolute atomic E-state index is 0.0781. The molecule has 138 valence electrons. The number of carbonyl (C=O) groups is 1. The largest absolute Gasteiger partial charge is 0.477 e. The van der Waals surface area contributed by atoms with Crippen LogP contribution in [0, 0.1) is 0 Å². The summed E-state index contributed by atoms with van der Waals surface area (Å²) in [5, 5.41) is 2.65. The lowest BCUT2D eigenvalue weighted by atomic mass is 10.2. The molecule has 1 aliphatic rings. The van der Waals surface area contributed by atoms with Crippen LogP contribution in [-0.2, 0) is 0 Å². The predicted octanol–water partition coefficient (Wildman–Crippen LogP) is 2.90. The minimum atomic E-state index is -0.147. The molecule has 27 heavy (non-hydrogen) atoms. The molecule has 1 aromatic carbocycles. The molecule has 3 heterocycles. The third kappa shape index (κ3) is 3.75. The van der Waals surface area contributed by atoms with Crippen molar-refractivity contribution in [3.63, 3.8) is 0 Å². The summed E-state index contributed by atoms with van der Waals surface area (Å²) in [5.74, 6) is 0.610.